The molecule has 3 heterocycles. The molecule has 3 aromatic heterocycles. The fourth-order valence-corrected chi connectivity index (χ4v) is 4.38. The number of nitrogens with one attached hydrogen (secondary N) is 2. The summed E-state index contributed by atoms with van der Waals surface area (Å²) < 4.78 is 0. The number of nitrogens with zero attached hydrogens (tertiary/aromatic N) is 2. The molecule has 162 valence electrons. The fraction of sp³-hybridized carbons (Fsp3) is 0.167. The number of aromatic amines is 1. The normalized spacial score (nSPS) is 11.8. The molecule has 1 unspecified atom stereocenters. The van der Waals surface area contributed by atoms with E-state index in [9.17, 15) is 9.59 Å². The molecule has 0 radical (unpaired) electrons. The summed E-state index contributed by atoms with van der Waals surface area (Å²) in [5.41, 5.74) is 2.62. The van der Waals surface area contributed by atoms with Crippen LogP contribution in [0.15, 0.2) is 71.1 Å². The van der Waals surface area contributed by atoms with Crippen molar-refractivity contribution in [3.05, 3.63) is 103 Å². The Kier molecular flexibility index (Phi) is 6.78. The van der Waals surface area contributed by atoms with E-state index in [1.165, 1.54) is 0 Å². The molecular weight excluding hydrogens is 444 g/mol. The standard InChI is InChI=1S/C24H21ClN4O2S/c1-15-19(24(31)29-23(27-15)17-10-12-26-13-11-17)8-9-21(30)28-22(20-3-2-14-32-20)16-4-6-18(25)7-5-16/h2-7,10-14,22H,8-9H2,1H3,(H,28,30)(H,27,29,31). The average Bonchev–Trinajstić information content (AvgIpc) is 3.33. The lowest BCUT2D eigenvalue weighted by Crippen LogP contribution is -2.29. The zero-order chi connectivity index (χ0) is 22.5. The molecule has 0 saturated heterocycles. The van der Waals surface area contributed by atoms with E-state index in [0.29, 0.717) is 28.5 Å². The van der Waals surface area contributed by atoms with E-state index in [-0.39, 0.29) is 23.9 Å². The molecule has 1 amide bonds. The maximum Gasteiger partial charge on any atom is 0.254 e. The first-order chi connectivity index (χ1) is 15.5. The highest BCUT2D eigenvalue weighted by Crippen LogP contribution is 2.27. The van der Waals surface area contributed by atoms with Crippen molar-refractivity contribution in [2.75, 3.05) is 0 Å². The van der Waals surface area contributed by atoms with Crippen LogP contribution in [0.5, 0.6) is 0 Å². The van der Waals surface area contributed by atoms with E-state index in [4.69, 9.17) is 11.6 Å². The molecule has 0 fully saturated rings. The van der Waals surface area contributed by atoms with Gasteiger partial charge in [-0.2, -0.15) is 0 Å². The Morgan fingerprint density at radius 2 is 1.91 bits per heavy atom. The van der Waals surface area contributed by atoms with Crippen LogP contribution in [-0.4, -0.2) is 20.9 Å². The van der Waals surface area contributed by atoms with Gasteiger partial charge in [-0.25, -0.2) is 4.98 Å². The molecule has 2 N–H and O–H groups in total. The van der Waals surface area contributed by atoms with Gasteiger partial charge in [-0.1, -0.05) is 29.8 Å². The first kappa shape index (κ1) is 21.9. The van der Waals surface area contributed by atoms with Crippen LogP contribution in [0.2, 0.25) is 5.02 Å². The van der Waals surface area contributed by atoms with Crippen molar-refractivity contribution in [3.63, 3.8) is 0 Å². The SMILES string of the molecule is Cc1nc(-c2ccncc2)[nH]c(=O)c1CCC(=O)NC(c1ccc(Cl)cc1)c1cccs1. The van der Waals surface area contributed by atoms with Gasteiger partial charge in [0.2, 0.25) is 5.91 Å². The Hall–Kier alpha value is -3.29. The largest absolute Gasteiger partial charge is 0.344 e. The van der Waals surface area contributed by atoms with Crippen molar-refractivity contribution in [1.82, 2.24) is 20.3 Å². The van der Waals surface area contributed by atoms with Gasteiger partial charge in [-0.05, 0) is 54.6 Å². The van der Waals surface area contributed by atoms with Crippen molar-refractivity contribution < 1.29 is 4.79 Å². The van der Waals surface area contributed by atoms with Crippen LogP contribution in [0.1, 0.15) is 34.2 Å². The van der Waals surface area contributed by atoms with Crippen LogP contribution in [0, 0.1) is 6.92 Å². The van der Waals surface area contributed by atoms with Crippen LogP contribution >= 0.6 is 22.9 Å². The Morgan fingerprint density at radius 1 is 1.16 bits per heavy atom. The summed E-state index contributed by atoms with van der Waals surface area (Å²) in [4.78, 5) is 37.8. The van der Waals surface area contributed by atoms with Gasteiger partial charge in [-0.15, -0.1) is 11.3 Å². The maximum atomic E-state index is 12.8. The van der Waals surface area contributed by atoms with E-state index in [0.717, 1.165) is 16.0 Å². The lowest BCUT2D eigenvalue weighted by atomic mass is 10.0. The number of carbonyl (C=O) groups excluding carboxylic acids is 1. The third-order valence-electron chi connectivity index (χ3n) is 5.11. The van der Waals surface area contributed by atoms with E-state index in [1.54, 1.807) is 42.8 Å². The number of halogens is 1. The molecule has 1 atom stereocenters. The van der Waals surface area contributed by atoms with Crippen LogP contribution in [0.4, 0.5) is 0 Å². The second kappa shape index (κ2) is 9.89. The first-order valence-electron chi connectivity index (χ1n) is 10.1. The minimum Gasteiger partial charge on any atom is -0.344 e. The van der Waals surface area contributed by atoms with Crippen molar-refractivity contribution >= 4 is 28.8 Å². The topological polar surface area (TPSA) is 87.7 Å². The summed E-state index contributed by atoms with van der Waals surface area (Å²) >= 11 is 7.59. The molecular formula is C24H21ClN4O2S. The predicted octanol–water partition coefficient (Wildman–Crippen LogP) is 4.69. The summed E-state index contributed by atoms with van der Waals surface area (Å²) in [7, 11) is 0. The molecule has 6 nitrogen and oxygen atoms in total. The van der Waals surface area contributed by atoms with E-state index < -0.39 is 0 Å². The van der Waals surface area contributed by atoms with Crippen molar-refractivity contribution in [2.45, 2.75) is 25.8 Å². The van der Waals surface area contributed by atoms with Crippen LogP contribution < -0.4 is 10.9 Å². The minimum absolute atomic E-state index is 0.143. The van der Waals surface area contributed by atoms with Gasteiger partial charge in [0.25, 0.3) is 5.56 Å². The highest BCUT2D eigenvalue weighted by atomic mass is 35.5. The van der Waals surface area contributed by atoms with Gasteiger partial charge in [0, 0.05) is 45.5 Å². The lowest BCUT2D eigenvalue weighted by Gasteiger charge is -2.18. The maximum absolute atomic E-state index is 12.8. The van der Waals surface area contributed by atoms with E-state index in [1.807, 2.05) is 41.8 Å². The van der Waals surface area contributed by atoms with Crippen molar-refractivity contribution in [3.8, 4) is 11.4 Å². The average molecular weight is 465 g/mol. The summed E-state index contributed by atoms with van der Waals surface area (Å²) in [5.74, 6) is 0.346. The Bertz CT molecular complexity index is 1260. The van der Waals surface area contributed by atoms with Gasteiger partial charge >= 0.3 is 0 Å². The lowest BCUT2D eigenvalue weighted by molar-refractivity contribution is -0.121. The summed E-state index contributed by atoms with van der Waals surface area (Å²) in [6.07, 6.45) is 3.77. The molecule has 0 aliphatic heterocycles. The minimum atomic E-state index is -0.272. The number of thiophene rings is 1. The summed E-state index contributed by atoms with van der Waals surface area (Å²) in [5, 5.41) is 5.71. The van der Waals surface area contributed by atoms with Crippen LogP contribution in [0.25, 0.3) is 11.4 Å². The molecule has 1 aromatic carbocycles. The first-order valence-corrected chi connectivity index (χ1v) is 11.4. The number of H-pyrrole nitrogens is 1. The second-order valence-corrected chi connectivity index (χ2v) is 8.70. The monoisotopic (exact) mass is 464 g/mol. The highest BCUT2D eigenvalue weighted by Gasteiger charge is 2.19. The van der Waals surface area contributed by atoms with Crippen LogP contribution in [-0.2, 0) is 11.2 Å². The zero-order valence-electron chi connectivity index (χ0n) is 17.3. The smallest absolute Gasteiger partial charge is 0.254 e. The van der Waals surface area contributed by atoms with Gasteiger partial charge < -0.3 is 10.3 Å². The molecule has 4 aromatic rings. The highest BCUT2D eigenvalue weighted by molar-refractivity contribution is 7.10. The zero-order valence-corrected chi connectivity index (χ0v) is 18.9. The Labute approximate surface area is 194 Å². The number of aryl methyl sites for hydroxylation is 1. The molecule has 0 aliphatic carbocycles. The molecule has 32 heavy (non-hydrogen) atoms. The van der Waals surface area contributed by atoms with Crippen molar-refractivity contribution in [1.29, 1.82) is 0 Å². The van der Waals surface area contributed by atoms with Crippen LogP contribution in [0.3, 0.4) is 0 Å². The van der Waals surface area contributed by atoms with Gasteiger partial charge in [0.1, 0.15) is 5.82 Å². The quantitative estimate of drug-likeness (QED) is 0.415. The molecule has 0 bridgehead atoms. The Balaban J connectivity index is 1.48. The number of benzene rings is 1. The second-order valence-electron chi connectivity index (χ2n) is 7.28. The molecule has 8 heteroatoms. The third-order valence-corrected chi connectivity index (χ3v) is 6.30. The van der Waals surface area contributed by atoms with Gasteiger partial charge in [-0.3, -0.25) is 14.6 Å². The van der Waals surface area contributed by atoms with E-state index in [2.05, 4.69) is 20.3 Å². The third kappa shape index (κ3) is 5.12. The number of hydrogen-bond acceptors (Lipinski definition) is 5. The number of carbonyl (C=O) groups is 1. The van der Waals surface area contributed by atoms with Crippen molar-refractivity contribution in [2.24, 2.45) is 0 Å². The number of pyridine rings is 1. The number of rotatable bonds is 7. The summed E-state index contributed by atoms with van der Waals surface area (Å²) in [6, 6.07) is 14.7. The molecule has 0 aliphatic rings. The number of amides is 1. The van der Waals surface area contributed by atoms with Gasteiger partial charge in [0.05, 0.1) is 6.04 Å². The Morgan fingerprint density at radius 3 is 2.56 bits per heavy atom. The van der Waals surface area contributed by atoms with E-state index >= 15 is 0 Å². The van der Waals surface area contributed by atoms with Gasteiger partial charge in [0.15, 0.2) is 0 Å². The number of aromatic nitrogens is 3. The molecule has 0 spiro atoms. The fourth-order valence-electron chi connectivity index (χ4n) is 3.45. The summed E-state index contributed by atoms with van der Waals surface area (Å²) in [6.45, 7) is 1.79. The molecule has 4 rings (SSSR count). The number of hydrogen-bond donors (Lipinski definition) is 2. The predicted molar refractivity (Wildman–Crippen MR) is 127 cm³/mol. The molecule has 0 saturated carbocycles.